The van der Waals surface area contributed by atoms with Gasteiger partial charge in [0.2, 0.25) is 5.79 Å². The van der Waals surface area contributed by atoms with Crippen molar-refractivity contribution in [2.45, 2.75) is 25.4 Å². The average molecular weight is 352 g/mol. The van der Waals surface area contributed by atoms with E-state index in [1.54, 1.807) is 12.5 Å². The third-order valence-electron chi connectivity index (χ3n) is 3.74. The second-order valence-corrected chi connectivity index (χ2v) is 7.54. The maximum absolute atomic E-state index is 11.2. The Labute approximate surface area is 141 Å². The van der Waals surface area contributed by atoms with Crippen LogP contribution in [0.25, 0.3) is 0 Å². The molecular weight excluding hydrogens is 332 g/mol. The molecule has 8 heteroatoms. The minimum atomic E-state index is -3.52. The van der Waals surface area contributed by atoms with Crippen molar-refractivity contribution in [3.05, 3.63) is 54.1 Å². The Morgan fingerprint density at radius 3 is 2.96 bits per heavy atom. The van der Waals surface area contributed by atoms with Crippen LogP contribution in [0.1, 0.15) is 11.1 Å². The molecule has 1 fully saturated rings. The van der Waals surface area contributed by atoms with E-state index in [-0.39, 0.29) is 13.2 Å². The van der Waals surface area contributed by atoms with Crippen molar-refractivity contribution in [3.8, 4) is 0 Å². The van der Waals surface area contributed by atoms with Gasteiger partial charge in [-0.1, -0.05) is 29.8 Å². The van der Waals surface area contributed by atoms with Gasteiger partial charge in [0.1, 0.15) is 6.10 Å². The van der Waals surface area contributed by atoms with Gasteiger partial charge in [-0.05, 0) is 6.92 Å². The number of hydrogen-bond donors (Lipinski definition) is 0. The fourth-order valence-corrected chi connectivity index (χ4v) is 3.07. The van der Waals surface area contributed by atoms with Crippen LogP contribution in [0.3, 0.4) is 0 Å². The largest absolute Gasteiger partial charge is 0.342 e. The fourth-order valence-electron chi connectivity index (χ4n) is 2.67. The molecule has 3 rings (SSSR count). The minimum Gasteiger partial charge on any atom is -0.342 e. The lowest BCUT2D eigenvalue weighted by molar-refractivity contribution is -0.189. The van der Waals surface area contributed by atoms with Crippen LogP contribution in [0.5, 0.6) is 0 Å². The number of aromatic nitrogens is 2. The zero-order chi connectivity index (χ0) is 17.2. The van der Waals surface area contributed by atoms with Crippen LogP contribution in [0.15, 0.2) is 43.0 Å². The zero-order valence-electron chi connectivity index (χ0n) is 13.6. The molecular formula is C16H20N2O5S. The van der Waals surface area contributed by atoms with Crippen LogP contribution in [-0.2, 0) is 36.1 Å². The molecule has 24 heavy (non-hydrogen) atoms. The molecule has 0 aliphatic carbocycles. The van der Waals surface area contributed by atoms with Crippen molar-refractivity contribution in [2.75, 3.05) is 19.5 Å². The maximum atomic E-state index is 11.2. The summed E-state index contributed by atoms with van der Waals surface area (Å²) >= 11 is 0. The van der Waals surface area contributed by atoms with Crippen LogP contribution in [0.4, 0.5) is 0 Å². The normalized spacial score (nSPS) is 24.3. The lowest BCUT2D eigenvalue weighted by atomic mass is 10.0. The molecule has 1 aliphatic rings. The molecule has 2 unspecified atom stereocenters. The van der Waals surface area contributed by atoms with Crippen LogP contribution < -0.4 is 0 Å². The highest BCUT2D eigenvalue weighted by atomic mass is 32.2. The minimum absolute atomic E-state index is 0.0731. The molecule has 130 valence electrons. The van der Waals surface area contributed by atoms with Crippen molar-refractivity contribution in [1.29, 1.82) is 0 Å². The topological polar surface area (TPSA) is 79.7 Å². The number of ether oxygens (including phenoxy) is 2. The highest BCUT2D eigenvalue weighted by Gasteiger charge is 2.44. The van der Waals surface area contributed by atoms with Gasteiger partial charge >= 0.3 is 0 Å². The van der Waals surface area contributed by atoms with Gasteiger partial charge in [-0.15, -0.1) is 0 Å². The molecule has 7 nitrogen and oxygen atoms in total. The number of hydrogen-bond acceptors (Lipinski definition) is 6. The van der Waals surface area contributed by atoms with Crippen LogP contribution in [0, 0.1) is 6.92 Å². The molecule has 2 heterocycles. The fraction of sp³-hybridized carbons (Fsp3) is 0.438. The van der Waals surface area contributed by atoms with E-state index >= 15 is 0 Å². The van der Waals surface area contributed by atoms with E-state index in [0.717, 1.165) is 17.4 Å². The summed E-state index contributed by atoms with van der Waals surface area (Å²) in [6, 6.07) is 7.86. The molecule has 2 atom stereocenters. The van der Waals surface area contributed by atoms with Crippen molar-refractivity contribution >= 4 is 10.1 Å². The lowest BCUT2D eigenvalue weighted by Crippen LogP contribution is -2.34. The van der Waals surface area contributed by atoms with Crippen molar-refractivity contribution < 1.29 is 22.1 Å². The van der Waals surface area contributed by atoms with E-state index in [2.05, 4.69) is 4.98 Å². The maximum Gasteiger partial charge on any atom is 0.264 e. The Balaban J connectivity index is 1.84. The SMILES string of the molecule is Cc1cccc(C2(Cn3ccnc3)OCC(COS(C)(=O)=O)O2)c1. The third kappa shape index (κ3) is 4.02. The van der Waals surface area contributed by atoms with Crippen molar-refractivity contribution in [3.63, 3.8) is 0 Å². The number of aryl methyl sites for hydroxylation is 1. The van der Waals surface area contributed by atoms with Gasteiger partial charge in [-0.25, -0.2) is 4.98 Å². The standard InChI is InChI=1S/C16H20N2O5S/c1-13-4-3-5-14(8-13)16(11-18-7-6-17-12-18)21-9-15(23-16)10-22-24(2,19)20/h3-8,12,15H,9-11H2,1-2H3. The lowest BCUT2D eigenvalue weighted by Gasteiger charge is -2.29. The summed E-state index contributed by atoms with van der Waals surface area (Å²) in [6.45, 7) is 2.58. The zero-order valence-corrected chi connectivity index (χ0v) is 14.4. The quantitative estimate of drug-likeness (QED) is 0.732. The summed E-state index contributed by atoms with van der Waals surface area (Å²) < 4.78 is 41.2. The molecule has 0 amide bonds. The van der Waals surface area contributed by atoms with Crippen molar-refractivity contribution in [1.82, 2.24) is 9.55 Å². The van der Waals surface area contributed by atoms with Gasteiger partial charge in [0.25, 0.3) is 10.1 Å². The first kappa shape index (κ1) is 17.1. The summed E-state index contributed by atoms with van der Waals surface area (Å²) in [4.78, 5) is 4.04. The number of imidazole rings is 1. The Morgan fingerprint density at radius 2 is 2.29 bits per heavy atom. The molecule has 0 spiro atoms. The van der Waals surface area contributed by atoms with Gasteiger partial charge in [0.15, 0.2) is 0 Å². The number of nitrogens with zero attached hydrogens (tertiary/aromatic N) is 2. The van der Waals surface area contributed by atoms with E-state index in [0.29, 0.717) is 6.54 Å². The molecule has 0 radical (unpaired) electrons. The van der Waals surface area contributed by atoms with Gasteiger partial charge < -0.3 is 14.0 Å². The molecule has 1 saturated heterocycles. The Kier molecular flexibility index (Phi) is 4.73. The highest BCUT2D eigenvalue weighted by molar-refractivity contribution is 7.85. The summed E-state index contributed by atoms with van der Waals surface area (Å²) in [7, 11) is -3.52. The summed E-state index contributed by atoms with van der Waals surface area (Å²) in [5, 5.41) is 0. The molecule has 0 bridgehead atoms. The van der Waals surface area contributed by atoms with E-state index < -0.39 is 22.0 Å². The Hall–Kier alpha value is -1.74. The Bertz CT molecular complexity index is 791. The highest BCUT2D eigenvalue weighted by Crippen LogP contribution is 2.36. The first-order chi connectivity index (χ1) is 11.4. The van der Waals surface area contributed by atoms with E-state index in [9.17, 15) is 8.42 Å². The summed E-state index contributed by atoms with van der Waals surface area (Å²) in [5.41, 5.74) is 1.96. The first-order valence-electron chi connectivity index (χ1n) is 7.55. The average Bonchev–Trinajstić information content (AvgIpc) is 3.15. The van der Waals surface area contributed by atoms with Gasteiger partial charge in [0.05, 0.1) is 32.3 Å². The van der Waals surface area contributed by atoms with Crippen LogP contribution in [0.2, 0.25) is 0 Å². The van der Waals surface area contributed by atoms with E-state index in [1.807, 2.05) is 42.0 Å². The third-order valence-corrected chi connectivity index (χ3v) is 4.30. The van der Waals surface area contributed by atoms with Gasteiger partial charge in [-0.2, -0.15) is 8.42 Å². The molecule has 1 aliphatic heterocycles. The molecule has 0 N–H and O–H groups in total. The van der Waals surface area contributed by atoms with Crippen LogP contribution >= 0.6 is 0 Å². The molecule has 0 saturated carbocycles. The number of rotatable bonds is 6. The molecule has 2 aromatic rings. The Morgan fingerprint density at radius 1 is 1.46 bits per heavy atom. The second-order valence-electron chi connectivity index (χ2n) is 5.90. The predicted octanol–water partition coefficient (Wildman–Crippen LogP) is 1.44. The summed E-state index contributed by atoms with van der Waals surface area (Å²) in [6.07, 6.45) is 5.74. The van der Waals surface area contributed by atoms with Gasteiger partial charge in [-0.3, -0.25) is 4.18 Å². The number of benzene rings is 1. The van der Waals surface area contributed by atoms with Crippen LogP contribution in [-0.4, -0.2) is 43.5 Å². The smallest absolute Gasteiger partial charge is 0.264 e. The summed E-state index contributed by atoms with van der Waals surface area (Å²) in [5.74, 6) is -1.00. The van der Waals surface area contributed by atoms with E-state index in [1.165, 1.54) is 0 Å². The van der Waals surface area contributed by atoms with Crippen molar-refractivity contribution in [2.24, 2.45) is 0 Å². The predicted molar refractivity (Wildman–Crippen MR) is 86.7 cm³/mol. The first-order valence-corrected chi connectivity index (χ1v) is 9.37. The monoisotopic (exact) mass is 352 g/mol. The van der Waals surface area contributed by atoms with Gasteiger partial charge in [0, 0.05) is 18.0 Å². The van der Waals surface area contributed by atoms with E-state index in [4.69, 9.17) is 13.7 Å². The second kappa shape index (κ2) is 6.64. The molecule has 1 aromatic heterocycles. The molecule has 1 aromatic carbocycles.